The molecule has 0 spiro atoms. The van der Waals surface area contributed by atoms with Crippen LogP contribution in [0.15, 0.2) is 0 Å². The Morgan fingerprint density at radius 3 is 3.05 bits per heavy atom. The molecule has 0 aromatic rings. The number of likely N-dealkylation sites (tertiary alicyclic amines) is 1. The molecule has 1 fully saturated rings. The number of carbonyl (C=O) groups excluding carboxylic acids is 2. The van der Waals surface area contributed by atoms with E-state index in [-0.39, 0.29) is 17.7 Å². The Labute approximate surface area is 119 Å². The number of amides is 2. The highest BCUT2D eigenvalue weighted by molar-refractivity contribution is 7.98. The van der Waals surface area contributed by atoms with Crippen molar-refractivity contribution < 1.29 is 14.3 Å². The van der Waals surface area contributed by atoms with E-state index < -0.39 is 0 Å². The van der Waals surface area contributed by atoms with Crippen LogP contribution in [0.1, 0.15) is 19.3 Å². The van der Waals surface area contributed by atoms with Crippen molar-refractivity contribution in [3.8, 4) is 0 Å². The maximum Gasteiger partial charge on any atom is 0.224 e. The van der Waals surface area contributed by atoms with Crippen molar-refractivity contribution in [3.63, 3.8) is 0 Å². The lowest BCUT2D eigenvalue weighted by atomic mass is 9.96. The molecule has 0 aromatic heterocycles. The van der Waals surface area contributed by atoms with Crippen LogP contribution in [0.25, 0.3) is 0 Å². The zero-order chi connectivity index (χ0) is 14.1. The highest BCUT2D eigenvalue weighted by atomic mass is 32.2. The molecule has 0 bridgehead atoms. The van der Waals surface area contributed by atoms with Crippen molar-refractivity contribution in [2.45, 2.75) is 19.3 Å². The summed E-state index contributed by atoms with van der Waals surface area (Å²) in [6.07, 6.45) is 4.18. The van der Waals surface area contributed by atoms with Gasteiger partial charge in [0, 0.05) is 33.2 Å². The zero-order valence-electron chi connectivity index (χ0n) is 11.8. The smallest absolute Gasteiger partial charge is 0.224 e. The molecule has 0 aliphatic carbocycles. The van der Waals surface area contributed by atoms with E-state index in [1.165, 1.54) is 0 Å². The molecule has 1 saturated heterocycles. The van der Waals surface area contributed by atoms with Crippen LogP contribution in [0.4, 0.5) is 0 Å². The fourth-order valence-corrected chi connectivity index (χ4v) is 2.55. The Balaban J connectivity index is 2.32. The number of hydrogen-bond donors (Lipinski definition) is 1. The van der Waals surface area contributed by atoms with Gasteiger partial charge in [0.2, 0.25) is 11.8 Å². The molecule has 19 heavy (non-hydrogen) atoms. The van der Waals surface area contributed by atoms with Crippen LogP contribution in [0.3, 0.4) is 0 Å². The summed E-state index contributed by atoms with van der Waals surface area (Å²) in [6, 6.07) is 0. The lowest BCUT2D eigenvalue weighted by molar-refractivity contribution is -0.138. The summed E-state index contributed by atoms with van der Waals surface area (Å²) < 4.78 is 4.98. The van der Waals surface area contributed by atoms with Gasteiger partial charge in [-0.2, -0.15) is 11.8 Å². The highest BCUT2D eigenvalue weighted by Gasteiger charge is 2.29. The molecule has 1 aliphatic rings. The number of methoxy groups -OCH3 is 1. The molecule has 5 nitrogen and oxygen atoms in total. The first-order valence-corrected chi connectivity index (χ1v) is 8.11. The fourth-order valence-electron chi connectivity index (χ4n) is 2.12. The average molecular weight is 288 g/mol. The number of thioether (sulfide) groups is 1. The standard InChI is InChI=1S/C13H24N2O3S/c1-18-8-7-15-10-11(4-5-12(15)16)13(17)14-6-3-9-19-2/h11H,3-10H2,1-2H3,(H,14,17). The quantitative estimate of drug-likeness (QED) is 0.669. The third-order valence-electron chi connectivity index (χ3n) is 3.26. The monoisotopic (exact) mass is 288 g/mol. The van der Waals surface area contributed by atoms with Crippen molar-refractivity contribution >= 4 is 23.6 Å². The van der Waals surface area contributed by atoms with Crippen molar-refractivity contribution in [1.29, 1.82) is 0 Å². The first-order valence-electron chi connectivity index (χ1n) is 6.72. The van der Waals surface area contributed by atoms with Crippen molar-refractivity contribution in [3.05, 3.63) is 0 Å². The number of ether oxygens (including phenoxy) is 1. The van der Waals surface area contributed by atoms with Crippen molar-refractivity contribution in [2.24, 2.45) is 5.92 Å². The maximum absolute atomic E-state index is 12.0. The van der Waals surface area contributed by atoms with Gasteiger partial charge in [0.15, 0.2) is 0 Å². The molecule has 1 atom stereocenters. The molecule has 1 rings (SSSR count). The van der Waals surface area contributed by atoms with E-state index in [1.807, 2.05) is 0 Å². The Morgan fingerprint density at radius 2 is 2.37 bits per heavy atom. The molecule has 0 saturated carbocycles. The first kappa shape index (κ1) is 16.3. The summed E-state index contributed by atoms with van der Waals surface area (Å²) >= 11 is 1.78. The predicted molar refractivity (Wildman–Crippen MR) is 77.2 cm³/mol. The van der Waals surface area contributed by atoms with Gasteiger partial charge in [0.25, 0.3) is 0 Å². The van der Waals surface area contributed by atoms with Gasteiger partial charge in [-0.05, 0) is 24.9 Å². The van der Waals surface area contributed by atoms with Crippen LogP contribution >= 0.6 is 11.8 Å². The van der Waals surface area contributed by atoms with E-state index in [0.717, 1.165) is 18.7 Å². The average Bonchev–Trinajstić information content (AvgIpc) is 2.42. The topological polar surface area (TPSA) is 58.6 Å². The van der Waals surface area contributed by atoms with Gasteiger partial charge >= 0.3 is 0 Å². The van der Waals surface area contributed by atoms with E-state index in [0.29, 0.717) is 32.5 Å². The van der Waals surface area contributed by atoms with E-state index in [1.54, 1.807) is 23.8 Å². The molecule has 1 N–H and O–H groups in total. The summed E-state index contributed by atoms with van der Waals surface area (Å²) in [5.41, 5.74) is 0. The van der Waals surface area contributed by atoms with E-state index in [4.69, 9.17) is 4.74 Å². The number of nitrogens with one attached hydrogen (secondary N) is 1. The summed E-state index contributed by atoms with van der Waals surface area (Å²) in [5, 5.41) is 2.96. The second-order valence-corrected chi connectivity index (χ2v) is 5.69. The van der Waals surface area contributed by atoms with E-state index >= 15 is 0 Å². The van der Waals surface area contributed by atoms with Crippen LogP contribution < -0.4 is 5.32 Å². The van der Waals surface area contributed by atoms with Crippen LogP contribution in [0, 0.1) is 5.92 Å². The Hall–Kier alpha value is -0.750. The fraction of sp³-hybridized carbons (Fsp3) is 0.846. The molecule has 0 aromatic carbocycles. The maximum atomic E-state index is 12.0. The van der Waals surface area contributed by atoms with E-state index in [9.17, 15) is 9.59 Å². The largest absolute Gasteiger partial charge is 0.383 e. The molecule has 6 heteroatoms. The second-order valence-electron chi connectivity index (χ2n) is 4.71. The summed E-state index contributed by atoms with van der Waals surface area (Å²) in [5.74, 6) is 1.20. The normalized spacial score (nSPS) is 19.6. The van der Waals surface area contributed by atoms with Crippen LogP contribution in [0.2, 0.25) is 0 Å². The highest BCUT2D eigenvalue weighted by Crippen LogP contribution is 2.17. The van der Waals surface area contributed by atoms with Gasteiger partial charge in [0.1, 0.15) is 0 Å². The van der Waals surface area contributed by atoms with Gasteiger partial charge in [-0.15, -0.1) is 0 Å². The Bertz CT molecular complexity index is 300. The Morgan fingerprint density at radius 1 is 1.58 bits per heavy atom. The lowest BCUT2D eigenvalue weighted by Crippen LogP contribution is -2.46. The molecular formula is C13H24N2O3S. The minimum Gasteiger partial charge on any atom is -0.383 e. The minimum absolute atomic E-state index is 0.0659. The molecular weight excluding hydrogens is 264 g/mol. The van der Waals surface area contributed by atoms with Crippen molar-refractivity contribution in [1.82, 2.24) is 10.2 Å². The predicted octanol–water partition coefficient (Wildman–Crippen LogP) is 0.741. The third-order valence-corrected chi connectivity index (χ3v) is 3.96. The molecule has 1 aliphatic heterocycles. The molecule has 0 radical (unpaired) electrons. The lowest BCUT2D eigenvalue weighted by Gasteiger charge is -2.31. The Kier molecular flexibility index (Phi) is 7.90. The summed E-state index contributed by atoms with van der Waals surface area (Å²) in [6.45, 7) is 2.35. The van der Waals surface area contributed by atoms with Crippen molar-refractivity contribution in [2.75, 3.05) is 45.4 Å². The molecule has 1 heterocycles. The summed E-state index contributed by atoms with van der Waals surface area (Å²) in [7, 11) is 1.62. The molecule has 1 unspecified atom stereocenters. The van der Waals surface area contributed by atoms with Crippen LogP contribution in [0.5, 0.6) is 0 Å². The van der Waals surface area contributed by atoms with Gasteiger partial charge in [-0.25, -0.2) is 0 Å². The van der Waals surface area contributed by atoms with Gasteiger partial charge in [0.05, 0.1) is 12.5 Å². The van der Waals surface area contributed by atoms with Gasteiger partial charge < -0.3 is 15.0 Å². The SMILES string of the molecule is COCCN1CC(C(=O)NCCCSC)CCC1=O. The van der Waals surface area contributed by atoms with Gasteiger partial charge in [-0.1, -0.05) is 0 Å². The third kappa shape index (κ3) is 5.82. The number of carbonyl (C=O) groups is 2. The molecule has 2 amide bonds. The molecule has 110 valence electrons. The van der Waals surface area contributed by atoms with E-state index in [2.05, 4.69) is 11.6 Å². The number of nitrogens with zero attached hydrogens (tertiary/aromatic N) is 1. The second kappa shape index (κ2) is 9.20. The summed E-state index contributed by atoms with van der Waals surface area (Å²) in [4.78, 5) is 25.4. The van der Waals surface area contributed by atoms with Crippen LogP contribution in [-0.2, 0) is 14.3 Å². The number of piperidine rings is 1. The minimum atomic E-state index is -0.0659. The number of rotatable bonds is 8. The first-order chi connectivity index (χ1) is 9.19. The number of hydrogen-bond acceptors (Lipinski definition) is 4. The van der Waals surface area contributed by atoms with Gasteiger partial charge in [-0.3, -0.25) is 9.59 Å². The zero-order valence-corrected chi connectivity index (χ0v) is 12.6. The van der Waals surface area contributed by atoms with Crippen LogP contribution in [-0.4, -0.2) is 62.1 Å².